The number of carbonyl (C=O) groups excluding carboxylic acids is 2. The van der Waals surface area contributed by atoms with Crippen molar-refractivity contribution >= 4 is 17.4 Å². The number of aliphatic hydroxyl groups is 1. The number of fused-ring (bicyclic) bond motifs is 1. The third-order valence-corrected chi connectivity index (χ3v) is 5.86. The Kier molecular flexibility index (Phi) is 6.33. The molecule has 6 heteroatoms. The number of hydrogen-bond acceptors (Lipinski definition) is 5. The number of amides is 1. The molecular weight excluding hydrogens is 406 g/mol. The summed E-state index contributed by atoms with van der Waals surface area (Å²) in [6, 6.07) is 12.5. The first-order valence-corrected chi connectivity index (χ1v) is 11.1. The minimum atomic E-state index is -0.657. The molecule has 2 aromatic carbocycles. The summed E-state index contributed by atoms with van der Waals surface area (Å²) < 4.78 is 11.2. The van der Waals surface area contributed by atoms with Crippen LogP contribution in [0, 0.1) is 6.92 Å². The predicted octanol–water partition coefficient (Wildman–Crippen LogP) is 4.17. The fourth-order valence-electron chi connectivity index (χ4n) is 4.34. The van der Waals surface area contributed by atoms with E-state index in [4.69, 9.17) is 9.47 Å². The zero-order valence-corrected chi connectivity index (χ0v) is 18.8. The molecule has 168 valence electrons. The van der Waals surface area contributed by atoms with Crippen LogP contribution in [0.5, 0.6) is 5.75 Å². The van der Waals surface area contributed by atoms with Gasteiger partial charge in [0.1, 0.15) is 11.5 Å². The summed E-state index contributed by atoms with van der Waals surface area (Å²) in [7, 11) is 0. The highest BCUT2D eigenvalue weighted by atomic mass is 16.5. The van der Waals surface area contributed by atoms with Crippen LogP contribution in [0.15, 0.2) is 48.0 Å². The summed E-state index contributed by atoms with van der Waals surface area (Å²) in [6.07, 6.45) is 1.45. The van der Waals surface area contributed by atoms with Gasteiger partial charge in [-0.2, -0.15) is 0 Å². The normalized spacial score (nSPS) is 19.5. The number of benzene rings is 2. The highest BCUT2D eigenvalue weighted by Gasteiger charge is 2.45. The van der Waals surface area contributed by atoms with Crippen molar-refractivity contribution in [1.82, 2.24) is 4.90 Å². The molecule has 32 heavy (non-hydrogen) atoms. The molecule has 1 amide bonds. The Bertz CT molecular complexity index is 1070. The number of rotatable bonds is 7. The van der Waals surface area contributed by atoms with E-state index in [1.165, 1.54) is 0 Å². The van der Waals surface area contributed by atoms with E-state index in [-0.39, 0.29) is 17.4 Å². The summed E-state index contributed by atoms with van der Waals surface area (Å²) in [5.74, 6) is -0.601. The highest BCUT2D eigenvalue weighted by molar-refractivity contribution is 6.46. The average Bonchev–Trinajstić information content (AvgIpc) is 3.33. The topological polar surface area (TPSA) is 76.1 Å². The number of Topliss-reactive ketones (excluding diaryl/α,β-unsaturated/α-hetero) is 1. The van der Waals surface area contributed by atoms with Crippen molar-refractivity contribution in [2.45, 2.75) is 45.8 Å². The predicted molar refractivity (Wildman–Crippen MR) is 122 cm³/mol. The Morgan fingerprint density at radius 3 is 2.78 bits per heavy atom. The van der Waals surface area contributed by atoms with Crippen LogP contribution in [0.2, 0.25) is 0 Å². The monoisotopic (exact) mass is 435 g/mol. The molecule has 2 aliphatic rings. The Balaban J connectivity index is 1.74. The number of aryl methyl sites for hydroxylation is 1. The molecule has 1 atom stereocenters. The van der Waals surface area contributed by atoms with Gasteiger partial charge in [-0.15, -0.1) is 0 Å². The zero-order chi connectivity index (χ0) is 22.8. The minimum Gasteiger partial charge on any atom is -0.507 e. The van der Waals surface area contributed by atoms with Crippen LogP contribution in [0.3, 0.4) is 0 Å². The third kappa shape index (κ3) is 4.28. The molecule has 0 aliphatic carbocycles. The fourth-order valence-corrected chi connectivity index (χ4v) is 4.34. The van der Waals surface area contributed by atoms with Gasteiger partial charge in [0.2, 0.25) is 0 Å². The number of carbonyl (C=O) groups is 2. The van der Waals surface area contributed by atoms with Crippen molar-refractivity contribution in [2.24, 2.45) is 0 Å². The summed E-state index contributed by atoms with van der Waals surface area (Å²) in [6.45, 7) is 7.34. The van der Waals surface area contributed by atoms with Crippen molar-refractivity contribution in [1.29, 1.82) is 0 Å². The lowest BCUT2D eigenvalue weighted by atomic mass is 9.94. The fraction of sp³-hybridized carbons (Fsp3) is 0.385. The lowest BCUT2D eigenvalue weighted by molar-refractivity contribution is -0.140. The first kappa shape index (κ1) is 22.1. The Morgan fingerprint density at radius 2 is 2.03 bits per heavy atom. The third-order valence-electron chi connectivity index (χ3n) is 5.86. The molecule has 1 saturated heterocycles. The zero-order valence-electron chi connectivity index (χ0n) is 18.8. The summed E-state index contributed by atoms with van der Waals surface area (Å²) in [5, 5.41) is 11.2. The molecule has 1 N–H and O–H groups in total. The lowest BCUT2D eigenvalue weighted by Gasteiger charge is -2.25. The van der Waals surface area contributed by atoms with Crippen molar-refractivity contribution in [3.63, 3.8) is 0 Å². The molecule has 0 saturated carbocycles. The number of likely N-dealkylation sites (tertiary alicyclic amines) is 1. The van der Waals surface area contributed by atoms with Crippen LogP contribution < -0.4 is 4.74 Å². The first-order chi connectivity index (χ1) is 15.4. The van der Waals surface area contributed by atoms with E-state index < -0.39 is 17.7 Å². The van der Waals surface area contributed by atoms with Gasteiger partial charge in [-0.05, 0) is 56.5 Å². The van der Waals surface area contributed by atoms with E-state index in [1.807, 2.05) is 51.1 Å². The Morgan fingerprint density at radius 1 is 1.22 bits per heavy atom. The molecule has 2 heterocycles. The second kappa shape index (κ2) is 9.17. The van der Waals surface area contributed by atoms with Crippen LogP contribution in [-0.2, 0) is 20.7 Å². The molecule has 0 spiro atoms. The molecule has 1 fully saturated rings. The van der Waals surface area contributed by atoms with Gasteiger partial charge in [-0.3, -0.25) is 9.59 Å². The van der Waals surface area contributed by atoms with E-state index in [0.29, 0.717) is 31.7 Å². The molecule has 2 aliphatic heterocycles. The maximum absolute atomic E-state index is 13.1. The second-order valence-corrected chi connectivity index (χ2v) is 8.60. The van der Waals surface area contributed by atoms with Gasteiger partial charge in [0.25, 0.3) is 11.7 Å². The van der Waals surface area contributed by atoms with Gasteiger partial charge >= 0.3 is 0 Å². The van der Waals surface area contributed by atoms with Gasteiger partial charge in [0.15, 0.2) is 0 Å². The van der Waals surface area contributed by atoms with Crippen molar-refractivity contribution in [3.8, 4) is 5.75 Å². The molecule has 6 nitrogen and oxygen atoms in total. The number of hydrogen-bond donors (Lipinski definition) is 1. The van der Waals surface area contributed by atoms with Crippen molar-refractivity contribution in [2.75, 3.05) is 19.8 Å². The minimum absolute atomic E-state index is 0.0989. The maximum atomic E-state index is 13.1. The van der Waals surface area contributed by atoms with Gasteiger partial charge in [0, 0.05) is 25.1 Å². The Labute approximate surface area is 188 Å². The molecule has 4 rings (SSSR count). The maximum Gasteiger partial charge on any atom is 0.295 e. The van der Waals surface area contributed by atoms with Gasteiger partial charge in [0.05, 0.1) is 24.3 Å². The van der Waals surface area contributed by atoms with E-state index in [0.717, 1.165) is 28.9 Å². The van der Waals surface area contributed by atoms with Gasteiger partial charge in [-0.25, -0.2) is 0 Å². The molecule has 0 radical (unpaired) electrons. The number of nitrogens with zero attached hydrogens (tertiary/aromatic N) is 1. The summed E-state index contributed by atoms with van der Waals surface area (Å²) in [5.41, 5.74) is 3.46. The average molecular weight is 436 g/mol. The summed E-state index contributed by atoms with van der Waals surface area (Å²) >= 11 is 0. The second-order valence-electron chi connectivity index (χ2n) is 8.60. The van der Waals surface area contributed by atoms with Crippen LogP contribution in [0.1, 0.15) is 48.6 Å². The van der Waals surface area contributed by atoms with E-state index in [2.05, 4.69) is 0 Å². The van der Waals surface area contributed by atoms with E-state index >= 15 is 0 Å². The van der Waals surface area contributed by atoms with Gasteiger partial charge in [-0.1, -0.05) is 29.8 Å². The standard InChI is InChI=1S/C26H29NO5/c1-16(2)31-12-5-11-27-23(19-7-4-6-17(3)14-19)22(25(29)26(27)30)24(28)20-8-9-21-18(15-20)10-13-32-21/h4,6-9,14-16,23,28H,5,10-13H2,1-3H3/b24-22-. The smallest absolute Gasteiger partial charge is 0.295 e. The molecule has 0 aromatic heterocycles. The molecular formula is C26H29NO5. The molecule has 2 aromatic rings. The Hall–Kier alpha value is -3.12. The van der Waals surface area contributed by atoms with Crippen LogP contribution in [-0.4, -0.2) is 47.6 Å². The van der Waals surface area contributed by atoms with Crippen LogP contribution >= 0.6 is 0 Å². The highest BCUT2D eigenvalue weighted by Crippen LogP contribution is 2.40. The van der Waals surface area contributed by atoms with Crippen molar-refractivity contribution in [3.05, 3.63) is 70.3 Å². The number of aliphatic hydroxyl groups excluding tert-OH is 1. The number of ketones is 1. The summed E-state index contributed by atoms with van der Waals surface area (Å²) in [4.78, 5) is 27.7. The molecule has 0 bridgehead atoms. The quantitative estimate of drug-likeness (QED) is 0.306. The molecule has 1 unspecified atom stereocenters. The number of ether oxygens (including phenoxy) is 2. The van der Waals surface area contributed by atoms with Gasteiger partial charge < -0.3 is 19.5 Å². The lowest BCUT2D eigenvalue weighted by Crippen LogP contribution is -2.31. The van der Waals surface area contributed by atoms with E-state index in [1.54, 1.807) is 17.0 Å². The van der Waals surface area contributed by atoms with Crippen LogP contribution in [0.25, 0.3) is 5.76 Å². The SMILES string of the molecule is Cc1cccc(C2/C(=C(/O)c3ccc4c(c3)CCO4)C(=O)C(=O)N2CCCOC(C)C)c1. The largest absolute Gasteiger partial charge is 0.507 e. The first-order valence-electron chi connectivity index (χ1n) is 11.1. The van der Waals surface area contributed by atoms with E-state index in [9.17, 15) is 14.7 Å². The van der Waals surface area contributed by atoms with Crippen LogP contribution in [0.4, 0.5) is 0 Å². The van der Waals surface area contributed by atoms with Crippen molar-refractivity contribution < 1.29 is 24.2 Å².